The van der Waals surface area contributed by atoms with E-state index in [1.807, 2.05) is 48.5 Å². The minimum absolute atomic E-state index is 0.0727. The van der Waals surface area contributed by atoms with Crippen molar-refractivity contribution in [3.63, 3.8) is 0 Å². The molecule has 1 aromatic heterocycles. The average molecular weight is 732 g/mol. The summed E-state index contributed by atoms with van der Waals surface area (Å²) < 4.78 is 46.5. The fourth-order valence-electron chi connectivity index (χ4n) is 7.61. The third kappa shape index (κ3) is 9.08. The molecule has 6 rings (SSSR count). The van der Waals surface area contributed by atoms with E-state index in [9.17, 15) is 32.3 Å². The van der Waals surface area contributed by atoms with Crippen LogP contribution in [-0.2, 0) is 20.5 Å². The van der Waals surface area contributed by atoms with Crippen LogP contribution in [0, 0.1) is 5.92 Å². The summed E-state index contributed by atoms with van der Waals surface area (Å²) in [7, 11) is 0. The number of nitrogens with one attached hydrogen (secondary N) is 4. The van der Waals surface area contributed by atoms with Crippen LogP contribution in [0.2, 0.25) is 0 Å². The molecule has 0 unspecified atom stereocenters. The van der Waals surface area contributed by atoms with E-state index in [0.717, 1.165) is 54.4 Å². The number of amides is 3. The van der Waals surface area contributed by atoms with Gasteiger partial charge in [-0.3, -0.25) is 14.4 Å². The van der Waals surface area contributed by atoms with Crippen molar-refractivity contribution in [2.45, 2.75) is 82.0 Å². The van der Waals surface area contributed by atoms with Gasteiger partial charge in [-0.05, 0) is 72.5 Å². The monoisotopic (exact) mass is 731 g/mol. The van der Waals surface area contributed by atoms with Gasteiger partial charge in [-0.2, -0.15) is 13.2 Å². The maximum atomic E-state index is 14.0. The van der Waals surface area contributed by atoms with Crippen molar-refractivity contribution in [2.24, 2.45) is 11.7 Å². The largest absolute Gasteiger partial charge is 0.449 e. The minimum atomic E-state index is -4.75. The van der Waals surface area contributed by atoms with Crippen molar-refractivity contribution < 1.29 is 32.3 Å². The molecule has 4 aromatic rings. The molecule has 0 bridgehead atoms. The first-order valence-electron chi connectivity index (χ1n) is 18.2. The smallest absolute Gasteiger partial charge is 0.417 e. The molecule has 0 radical (unpaired) electrons. The van der Waals surface area contributed by atoms with Gasteiger partial charge in [-0.25, -0.2) is 4.79 Å². The number of ether oxygens (including phenoxy) is 1. The summed E-state index contributed by atoms with van der Waals surface area (Å²) in [4.78, 5) is 55.4. The Kier molecular flexibility index (Phi) is 11.8. The quantitative estimate of drug-likeness (QED) is 0.0936. The number of halogens is 3. The van der Waals surface area contributed by atoms with Crippen molar-refractivity contribution in [1.29, 1.82) is 0 Å². The summed E-state index contributed by atoms with van der Waals surface area (Å²) in [6.07, 6.45) is 1.16. The SMILES string of the molecule is NCCCC[C@H](NC(=O)[C@H](CC1CCCCC1)NC(=O)OCC1c2ccccc2-c2ccccc21)C(=O)Nc1ccc2c(C(F)(F)F)cc(=O)[nH]c2c1. The molecule has 0 aliphatic heterocycles. The number of alkyl halides is 3. The Hall–Kier alpha value is -5.17. The number of hydrogen-bond donors (Lipinski definition) is 5. The summed E-state index contributed by atoms with van der Waals surface area (Å²) in [5, 5.41) is 8.05. The molecule has 3 amide bonds. The fourth-order valence-corrected chi connectivity index (χ4v) is 7.61. The zero-order valence-corrected chi connectivity index (χ0v) is 29.3. The Morgan fingerprint density at radius 3 is 2.19 bits per heavy atom. The number of alkyl carbamates (subject to hydrolysis) is 1. The van der Waals surface area contributed by atoms with Crippen molar-refractivity contribution in [3.8, 4) is 11.1 Å². The van der Waals surface area contributed by atoms with Crippen molar-refractivity contribution >= 4 is 34.5 Å². The summed E-state index contributed by atoms with van der Waals surface area (Å²) in [6, 6.07) is 18.2. The molecule has 0 saturated heterocycles. The first-order valence-corrected chi connectivity index (χ1v) is 18.2. The van der Waals surface area contributed by atoms with Crippen LogP contribution in [0.5, 0.6) is 0 Å². The number of carbonyl (C=O) groups is 3. The highest BCUT2D eigenvalue weighted by molar-refractivity contribution is 5.99. The number of anilines is 1. The molecule has 6 N–H and O–H groups in total. The van der Waals surface area contributed by atoms with Crippen LogP contribution in [0.1, 0.15) is 80.4 Å². The van der Waals surface area contributed by atoms with E-state index < -0.39 is 47.3 Å². The molecule has 13 heteroatoms. The van der Waals surface area contributed by atoms with Crippen molar-refractivity contribution in [2.75, 3.05) is 18.5 Å². The number of aromatic nitrogens is 1. The summed E-state index contributed by atoms with van der Waals surface area (Å²) >= 11 is 0. The van der Waals surface area contributed by atoms with Gasteiger partial charge >= 0.3 is 12.3 Å². The van der Waals surface area contributed by atoms with Crippen LogP contribution < -0.4 is 27.2 Å². The predicted octanol–water partition coefficient (Wildman–Crippen LogP) is 6.98. The van der Waals surface area contributed by atoms with Crippen LogP contribution >= 0.6 is 0 Å². The molecule has 0 spiro atoms. The van der Waals surface area contributed by atoms with Crippen LogP contribution in [-0.4, -0.2) is 48.1 Å². The number of rotatable bonds is 13. The molecule has 2 aliphatic carbocycles. The summed E-state index contributed by atoms with van der Waals surface area (Å²) in [6.45, 7) is 0.443. The molecule has 1 heterocycles. The maximum absolute atomic E-state index is 14.0. The second-order valence-electron chi connectivity index (χ2n) is 13.9. The molecular formula is C40H44F3N5O5. The second-order valence-corrected chi connectivity index (χ2v) is 13.9. The fraction of sp³-hybridized carbons (Fsp3) is 0.400. The number of H-pyrrole nitrogens is 1. The molecule has 1 fully saturated rings. The highest BCUT2D eigenvalue weighted by Gasteiger charge is 2.34. The van der Waals surface area contributed by atoms with Crippen LogP contribution in [0.25, 0.3) is 22.0 Å². The number of aromatic amines is 1. The standard InChI is InChI=1S/C40H44F3N5O5/c41-40(42,43)32-22-36(49)46-34-21-25(17-18-30(32)34)45-37(50)33(16-8-9-19-44)47-38(51)35(20-24-10-2-1-3-11-24)48-39(52)53-23-31-28-14-6-4-12-26(28)27-13-5-7-15-29(27)31/h4-7,12-15,17-18,21-22,24,31,33,35H,1-3,8-11,16,19-20,23,44H2,(H,45,50)(H,46,49)(H,47,51)(H,48,52)/t33-,35-/m0/s1. The highest BCUT2D eigenvalue weighted by atomic mass is 19.4. The highest BCUT2D eigenvalue weighted by Crippen LogP contribution is 2.44. The summed E-state index contributed by atoms with van der Waals surface area (Å²) in [5.41, 5.74) is 8.00. The zero-order valence-electron chi connectivity index (χ0n) is 29.3. The van der Waals surface area contributed by atoms with E-state index >= 15 is 0 Å². The van der Waals surface area contributed by atoms with Gasteiger partial charge < -0.3 is 31.4 Å². The molecular weight excluding hydrogens is 687 g/mol. The third-order valence-electron chi connectivity index (χ3n) is 10.2. The lowest BCUT2D eigenvalue weighted by atomic mass is 9.84. The van der Waals surface area contributed by atoms with E-state index in [1.54, 1.807) is 0 Å². The molecule has 53 heavy (non-hydrogen) atoms. The molecule has 10 nitrogen and oxygen atoms in total. The van der Waals surface area contributed by atoms with Gasteiger partial charge in [0.1, 0.15) is 18.7 Å². The third-order valence-corrected chi connectivity index (χ3v) is 10.2. The average Bonchev–Trinajstić information content (AvgIpc) is 3.46. The number of nitrogens with two attached hydrogens (primary N) is 1. The lowest BCUT2D eigenvalue weighted by Gasteiger charge is -2.28. The van der Waals surface area contributed by atoms with Crippen LogP contribution in [0.3, 0.4) is 0 Å². The zero-order chi connectivity index (χ0) is 37.5. The number of pyridine rings is 1. The number of benzene rings is 3. The van der Waals surface area contributed by atoms with E-state index in [0.29, 0.717) is 31.9 Å². The van der Waals surface area contributed by atoms with Gasteiger partial charge in [-0.1, -0.05) is 86.7 Å². The maximum Gasteiger partial charge on any atom is 0.417 e. The number of fused-ring (bicyclic) bond motifs is 4. The van der Waals surface area contributed by atoms with Crippen molar-refractivity contribution in [3.05, 3.63) is 99.8 Å². The Balaban J connectivity index is 1.16. The van der Waals surface area contributed by atoms with Gasteiger partial charge in [0.15, 0.2) is 0 Å². The van der Waals surface area contributed by atoms with Gasteiger partial charge in [0, 0.05) is 23.1 Å². The lowest BCUT2D eigenvalue weighted by Crippen LogP contribution is -2.53. The molecule has 1 saturated carbocycles. The predicted molar refractivity (Wildman–Crippen MR) is 196 cm³/mol. The van der Waals surface area contributed by atoms with E-state index in [-0.39, 0.29) is 41.5 Å². The number of carbonyl (C=O) groups excluding carboxylic acids is 3. The normalized spacial score (nSPS) is 15.6. The van der Waals surface area contributed by atoms with E-state index in [2.05, 4.69) is 20.9 Å². The molecule has 3 aromatic carbocycles. The van der Waals surface area contributed by atoms with Crippen LogP contribution in [0.15, 0.2) is 77.6 Å². The Morgan fingerprint density at radius 1 is 0.849 bits per heavy atom. The van der Waals surface area contributed by atoms with Gasteiger partial charge in [0.25, 0.3) is 0 Å². The van der Waals surface area contributed by atoms with Gasteiger partial charge in [0.05, 0.1) is 11.1 Å². The lowest BCUT2D eigenvalue weighted by molar-refractivity contribution is -0.136. The topological polar surface area (TPSA) is 155 Å². The van der Waals surface area contributed by atoms with Gasteiger partial charge in [-0.15, -0.1) is 0 Å². The molecule has 2 aliphatic rings. The Labute approximate surface area is 305 Å². The number of unbranched alkanes of at least 4 members (excludes halogenated alkanes) is 1. The Bertz CT molecular complexity index is 1960. The Morgan fingerprint density at radius 2 is 1.53 bits per heavy atom. The summed E-state index contributed by atoms with van der Waals surface area (Å²) in [5.74, 6) is -1.13. The molecule has 280 valence electrons. The first-order chi connectivity index (χ1) is 25.5. The molecule has 2 atom stereocenters. The van der Waals surface area contributed by atoms with Crippen molar-refractivity contribution in [1.82, 2.24) is 15.6 Å². The van der Waals surface area contributed by atoms with Crippen LogP contribution in [0.4, 0.5) is 23.7 Å². The van der Waals surface area contributed by atoms with Gasteiger partial charge in [0.2, 0.25) is 17.4 Å². The second kappa shape index (κ2) is 16.7. The van der Waals surface area contributed by atoms with E-state index in [1.165, 1.54) is 18.2 Å². The minimum Gasteiger partial charge on any atom is -0.449 e. The van der Waals surface area contributed by atoms with E-state index in [4.69, 9.17) is 10.5 Å². The first kappa shape index (κ1) is 37.6. The number of hydrogen-bond acceptors (Lipinski definition) is 6.